The fourth-order valence-electron chi connectivity index (χ4n) is 3.57. The highest BCUT2D eigenvalue weighted by atomic mass is 35.5. The van der Waals surface area contributed by atoms with Crippen molar-refractivity contribution in [2.45, 2.75) is 6.61 Å². The molecule has 4 rings (SSSR count). The van der Waals surface area contributed by atoms with E-state index >= 15 is 0 Å². The lowest BCUT2D eigenvalue weighted by Gasteiger charge is -2.34. The van der Waals surface area contributed by atoms with E-state index in [0.717, 1.165) is 0 Å². The van der Waals surface area contributed by atoms with Crippen molar-refractivity contribution >= 4 is 41.0 Å². The van der Waals surface area contributed by atoms with Gasteiger partial charge in [0.2, 0.25) is 0 Å². The highest BCUT2D eigenvalue weighted by Crippen LogP contribution is 2.25. The SMILES string of the molecule is O=C(OCC(=O)N1CCN(C(=O)c2ccco2)CC1)c1ccccc1OCc1ccc(Cl)cc1Cl. The third-order valence-corrected chi connectivity index (χ3v) is 6.07. The van der Waals surface area contributed by atoms with Gasteiger partial charge in [-0.3, -0.25) is 9.59 Å². The van der Waals surface area contributed by atoms with Crippen LogP contribution in [0, 0.1) is 0 Å². The highest BCUT2D eigenvalue weighted by Gasteiger charge is 2.27. The van der Waals surface area contributed by atoms with Crippen LogP contribution in [0.2, 0.25) is 10.0 Å². The van der Waals surface area contributed by atoms with Crippen LogP contribution in [0.4, 0.5) is 0 Å². The Morgan fingerprint density at radius 1 is 0.914 bits per heavy atom. The predicted molar refractivity (Wildman–Crippen MR) is 129 cm³/mol. The van der Waals surface area contributed by atoms with E-state index < -0.39 is 12.6 Å². The molecule has 0 N–H and O–H groups in total. The molecule has 1 aromatic heterocycles. The maximum Gasteiger partial charge on any atom is 0.342 e. The van der Waals surface area contributed by atoms with Crippen LogP contribution in [-0.2, 0) is 16.1 Å². The molecule has 0 bridgehead atoms. The first kappa shape index (κ1) is 24.6. The Morgan fingerprint density at radius 3 is 2.37 bits per heavy atom. The van der Waals surface area contributed by atoms with Gasteiger partial charge in [0.05, 0.1) is 6.26 Å². The van der Waals surface area contributed by atoms with Crippen molar-refractivity contribution in [2.75, 3.05) is 32.8 Å². The number of hydrogen-bond acceptors (Lipinski definition) is 6. The average molecular weight is 517 g/mol. The molecule has 10 heteroatoms. The van der Waals surface area contributed by atoms with E-state index in [1.165, 1.54) is 6.26 Å². The monoisotopic (exact) mass is 516 g/mol. The summed E-state index contributed by atoms with van der Waals surface area (Å²) in [6.45, 7) is 1.11. The van der Waals surface area contributed by atoms with E-state index in [1.807, 2.05) is 0 Å². The number of rotatable bonds is 7. The van der Waals surface area contributed by atoms with E-state index in [9.17, 15) is 14.4 Å². The van der Waals surface area contributed by atoms with Crippen molar-refractivity contribution in [3.05, 3.63) is 87.8 Å². The second-order valence-electron chi connectivity index (χ2n) is 7.75. The van der Waals surface area contributed by atoms with Crippen LogP contribution in [-0.4, -0.2) is 60.4 Å². The molecule has 35 heavy (non-hydrogen) atoms. The molecule has 182 valence electrons. The summed E-state index contributed by atoms with van der Waals surface area (Å²) in [5.41, 5.74) is 0.901. The van der Waals surface area contributed by atoms with Gasteiger partial charge in [-0.1, -0.05) is 41.4 Å². The van der Waals surface area contributed by atoms with E-state index in [1.54, 1.807) is 64.4 Å². The van der Waals surface area contributed by atoms with Gasteiger partial charge in [-0.2, -0.15) is 0 Å². The summed E-state index contributed by atoms with van der Waals surface area (Å²) in [5.74, 6) is -0.665. The number of carbonyl (C=O) groups excluding carboxylic acids is 3. The molecule has 0 spiro atoms. The van der Waals surface area contributed by atoms with Crippen molar-refractivity contribution in [3.8, 4) is 5.75 Å². The number of furan rings is 1. The Balaban J connectivity index is 1.28. The van der Waals surface area contributed by atoms with E-state index in [0.29, 0.717) is 47.5 Å². The van der Waals surface area contributed by atoms with Crippen molar-refractivity contribution in [2.24, 2.45) is 0 Å². The Bertz CT molecular complexity index is 1210. The van der Waals surface area contributed by atoms with Gasteiger partial charge in [-0.15, -0.1) is 0 Å². The molecule has 2 amide bonds. The molecule has 0 aliphatic carbocycles. The molecule has 2 heterocycles. The number of amides is 2. The van der Waals surface area contributed by atoms with Gasteiger partial charge < -0.3 is 23.7 Å². The average Bonchev–Trinajstić information content (AvgIpc) is 3.41. The number of piperazine rings is 1. The zero-order valence-electron chi connectivity index (χ0n) is 18.6. The molecule has 0 radical (unpaired) electrons. The van der Waals surface area contributed by atoms with Gasteiger partial charge >= 0.3 is 5.97 Å². The molecular weight excluding hydrogens is 495 g/mol. The number of halogens is 2. The summed E-state index contributed by atoms with van der Waals surface area (Å²) in [5, 5.41) is 0.965. The number of benzene rings is 2. The lowest BCUT2D eigenvalue weighted by atomic mass is 10.2. The lowest BCUT2D eigenvalue weighted by molar-refractivity contribution is -0.136. The van der Waals surface area contributed by atoms with Crippen LogP contribution in [0.15, 0.2) is 65.3 Å². The third kappa shape index (κ3) is 6.15. The second-order valence-corrected chi connectivity index (χ2v) is 8.59. The first-order valence-electron chi connectivity index (χ1n) is 10.9. The number of ether oxygens (including phenoxy) is 2. The molecule has 0 saturated carbocycles. The zero-order valence-corrected chi connectivity index (χ0v) is 20.1. The molecule has 1 fully saturated rings. The fourth-order valence-corrected chi connectivity index (χ4v) is 4.03. The quantitative estimate of drug-likeness (QED) is 0.434. The minimum absolute atomic E-state index is 0.125. The Morgan fingerprint density at radius 2 is 1.66 bits per heavy atom. The van der Waals surface area contributed by atoms with Gasteiger partial charge in [0.15, 0.2) is 12.4 Å². The molecule has 0 atom stereocenters. The summed E-state index contributed by atoms with van der Waals surface area (Å²) in [7, 11) is 0. The number of esters is 1. The largest absolute Gasteiger partial charge is 0.488 e. The fraction of sp³-hybridized carbons (Fsp3) is 0.240. The predicted octanol–water partition coefficient (Wildman–Crippen LogP) is 4.31. The highest BCUT2D eigenvalue weighted by molar-refractivity contribution is 6.35. The topological polar surface area (TPSA) is 89.3 Å². The van der Waals surface area contributed by atoms with Crippen LogP contribution in [0.25, 0.3) is 0 Å². The molecule has 0 unspecified atom stereocenters. The molecule has 1 aliphatic heterocycles. The summed E-state index contributed by atoms with van der Waals surface area (Å²) in [6, 6.07) is 14.9. The second kappa shape index (κ2) is 11.3. The van der Waals surface area contributed by atoms with E-state index in [2.05, 4.69) is 0 Å². The normalized spacial score (nSPS) is 13.4. The molecule has 1 aliphatic rings. The van der Waals surface area contributed by atoms with Crippen LogP contribution in [0.5, 0.6) is 5.75 Å². The maximum atomic E-state index is 12.7. The van der Waals surface area contributed by atoms with Gasteiger partial charge in [0.1, 0.15) is 17.9 Å². The van der Waals surface area contributed by atoms with Crippen LogP contribution >= 0.6 is 23.2 Å². The van der Waals surface area contributed by atoms with Crippen LogP contribution in [0.1, 0.15) is 26.5 Å². The summed E-state index contributed by atoms with van der Waals surface area (Å²) in [6.07, 6.45) is 1.44. The minimum Gasteiger partial charge on any atom is -0.488 e. The Hall–Kier alpha value is -3.49. The number of nitrogens with zero attached hydrogens (tertiary/aromatic N) is 2. The zero-order chi connectivity index (χ0) is 24.8. The van der Waals surface area contributed by atoms with E-state index in [4.69, 9.17) is 37.1 Å². The van der Waals surface area contributed by atoms with Gasteiger partial charge in [0.25, 0.3) is 11.8 Å². The van der Waals surface area contributed by atoms with Gasteiger partial charge in [-0.05, 0) is 36.4 Å². The molecule has 8 nitrogen and oxygen atoms in total. The maximum absolute atomic E-state index is 12.7. The summed E-state index contributed by atoms with van der Waals surface area (Å²) < 4.78 is 16.2. The first-order valence-corrected chi connectivity index (χ1v) is 11.6. The van der Waals surface area contributed by atoms with Crippen molar-refractivity contribution < 1.29 is 28.3 Å². The molecule has 1 saturated heterocycles. The number of para-hydroxylation sites is 1. The molecule has 3 aromatic rings. The van der Waals surface area contributed by atoms with Crippen LogP contribution < -0.4 is 4.74 Å². The number of hydrogen-bond donors (Lipinski definition) is 0. The standard InChI is InChI=1S/C25H22Cl2N2O6/c26-18-8-7-17(20(27)14-18)15-34-21-5-2-1-4-19(21)25(32)35-16-23(30)28-9-11-29(12-10-28)24(31)22-6-3-13-33-22/h1-8,13-14H,9-12,15-16H2. The molecular formula is C25H22Cl2N2O6. The van der Waals surface area contributed by atoms with Crippen LogP contribution in [0.3, 0.4) is 0 Å². The Kier molecular flexibility index (Phi) is 7.94. The summed E-state index contributed by atoms with van der Waals surface area (Å²) >= 11 is 12.1. The van der Waals surface area contributed by atoms with Crippen molar-refractivity contribution in [3.63, 3.8) is 0 Å². The number of carbonyl (C=O) groups is 3. The van der Waals surface area contributed by atoms with Gasteiger partial charge in [-0.25, -0.2) is 4.79 Å². The Labute approximate surface area is 211 Å². The van der Waals surface area contributed by atoms with Gasteiger partial charge in [0, 0.05) is 41.8 Å². The minimum atomic E-state index is -0.678. The van der Waals surface area contributed by atoms with E-state index in [-0.39, 0.29) is 29.7 Å². The molecule has 2 aromatic carbocycles. The van der Waals surface area contributed by atoms with Crippen molar-refractivity contribution in [1.82, 2.24) is 9.80 Å². The first-order chi connectivity index (χ1) is 16.9. The lowest BCUT2D eigenvalue weighted by Crippen LogP contribution is -2.51. The smallest absolute Gasteiger partial charge is 0.342 e. The third-order valence-electron chi connectivity index (χ3n) is 5.48. The summed E-state index contributed by atoms with van der Waals surface area (Å²) in [4.78, 5) is 40.8. The van der Waals surface area contributed by atoms with Crippen molar-refractivity contribution in [1.29, 1.82) is 0 Å².